The average Bonchev–Trinajstić information content (AvgIpc) is 2.66. The second-order valence-corrected chi connectivity index (χ2v) is 9.93. The van der Waals surface area contributed by atoms with Gasteiger partial charge in [0.05, 0.1) is 11.9 Å². The predicted molar refractivity (Wildman–Crippen MR) is 110 cm³/mol. The lowest BCUT2D eigenvalue weighted by Gasteiger charge is -2.26. The second kappa shape index (κ2) is 11.9. The normalized spacial score (nSPS) is 27.3. The Morgan fingerprint density at radius 2 is 1.93 bits per heavy atom. The van der Waals surface area contributed by atoms with Crippen LogP contribution in [0.3, 0.4) is 0 Å². The van der Waals surface area contributed by atoms with Crippen molar-refractivity contribution in [3.8, 4) is 0 Å². The van der Waals surface area contributed by atoms with Gasteiger partial charge < -0.3 is 15.4 Å². The number of nitrogens with zero attached hydrogens (tertiary/aromatic N) is 1. The molecular formula is C19H38N4O3S. The van der Waals surface area contributed by atoms with Gasteiger partial charge in [-0.2, -0.15) is 0 Å². The fourth-order valence-corrected chi connectivity index (χ4v) is 4.96. The van der Waals surface area contributed by atoms with Crippen molar-refractivity contribution in [1.29, 1.82) is 0 Å². The number of hydrogen-bond donors (Lipinski definition) is 3. The molecule has 0 aromatic carbocycles. The van der Waals surface area contributed by atoms with Gasteiger partial charge in [0.15, 0.2) is 5.96 Å². The molecule has 0 aromatic rings. The van der Waals surface area contributed by atoms with Crippen molar-refractivity contribution in [2.75, 3.05) is 39.0 Å². The van der Waals surface area contributed by atoms with Crippen molar-refractivity contribution < 1.29 is 13.2 Å². The molecule has 0 spiro atoms. The zero-order valence-electron chi connectivity index (χ0n) is 17.0. The standard InChI is InChI=1S/C19H38N4O3S/c1-16-6-5-7-17(14-16)9-10-21-19(20-2)22-11-13-27(24,25)23-15-18-8-3-4-12-26-18/h16-18,23H,3-15H2,1-2H3,(H2,20,21,22). The van der Waals surface area contributed by atoms with Crippen LogP contribution in [0.2, 0.25) is 0 Å². The van der Waals surface area contributed by atoms with Gasteiger partial charge in [-0.05, 0) is 43.9 Å². The third-order valence-corrected chi connectivity index (χ3v) is 6.93. The van der Waals surface area contributed by atoms with E-state index in [9.17, 15) is 8.42 Å². The number of sulfonamides is 1. The number of ether oxygens (including phenoxy) is 1. The van der Waals surface area contributed by atoms with E-state index in [1.807, 2.05) is 0 Å². The van der Waals surface area contributed by atoms with E-state index in [0.717, 1.165) is 50.7 Å². The highest BCUT2D eigenvalue weighted by atomic mass is 32.2. The molecule has 1 aliphatic carbocycles. The summed E-state index contributed by atoms with van der Waals surface area (Å²) in [5.41, 5.74) is 0. The van der Waals surface area contributed by atoms with Crippen LogP contribution in [0.1, 0.15) is 58.3 Å². The Morgan fingerprint density at radius 1 is 1.11 bits per heavy atom. The van der Waals surface area contributed by atoms with Crippen LogP contribution < -0.4 is 15.4 Å². The molecule has 0 aromatic heterocycles. The molecule has 1 aliphatic heterocycles. The summed E-state index contributed by atoms with van der Waals surface area (Å²) in [5.74, 6) is 2.34. The van der Waals surface area contributed by atoms with Crippen LogP contribution in [0.25, 0.3) is 0 Å². The minimum Gasteiger partial charge on any atom is -0.377 e. The van der Waals surface area contributed by atoms with Crippen molar-refractivity contribution in [2.24, 2.45) is 16.8 Å². The summed E-state index contributed by atoms with van der Waals surface area (Å²) in [6.07, 6.45) is 9.61. The quantitative estimate of drug-likeness (QED) is 0.404. The predicted octanol–water partition coefficient (Wildman–Crippen LogP) is 1.86. The van der Waals surface area contributed by atoms with Gasteiger partial charge >= 0.3 is 0 Å². The maximum atomic E-state index is 12.1. The fraction of sp³-hybridized carbons (Fsp3) is 0.947. The zero-order chi connectivity index (χ0) is 19.5. The summed E-state index contributed by atoms with van der Waals surface area (Å²) in [4.78, 5) is 4.18. The third kappa shape index (κ3) is 9.25. The Bertz CT molecular complexity index is 547. The van der Waals surface area contributed by atoms with Gasteiger partial charge in [0, 0.05) is 33.3 Å². The van der Waals surface area contributed by atoms with Crippen LogP contribution in [0.15, 0.2) is 4.99 Å². The summed E-state index contributed by atoms with van der Waals surface area (Å²) >= 11 is 0. The average molecular weight is 403 g/mol. The summed E-state index contributed by atoms with van der Waals surface area (Å²) in [6.45, 7) is 4.65. The molecule has 2 aliphatic rings. The topological polar surface area (TPSA) is 91.8 Å². The van der Waals surface area contributed by atoms with E-state index in [-0.39, 0.29) is 11.9 Å². The van der Waals surface area contributed by atoms with Crippen molar-refractivity contribution in [2.45, 2.75) is 64.4 Å². The highest BCUT2D eigenvalue weighted by molar-refractivity contribution is 7.89. The molecule has 7 nitrogen and oxygen atoms in total. The lowest BCUT2D eigenvalue weighted by Crippen LogP contribution is -2.43. The molecule has 0 bridgehead atoms. The minimum absolute atomic E-state index is 0.0124. The van der Waals surface area contributed by atoms with Gasteiger partial charge in [0.25, 0.3) is 0 Å². The molecule has 3 unspecified atom stereocenters. The molecule has 8 heteroatoms. The molecule has 0 amide bonds. The van der Waals surface area contributed by atoms with Crippen molar-refractivity contribution in [1.82, 2.24) is 15.4 Å². The van der Waals surface area contributed by atoms with Gasteiger partial charge in [0.2, 0.25) is 10.0 Å². The fourth-order valence-electron chi connectivity index (χ4n) is 4.00. The van der Waals surface area contributed by atoms with Gasteiger partial charge in [-0.25, -0.2) is 13.1 Å². The van der Waals surface area contributed by atoms with E-state index in [1.54, 1.807) is 7.05 Å². The lowest BCUT2D eigenvalue weighted by molar-refractivity contribution is 0.0200. The van der Waals surface area contributed by atoms with E-state index in [2.05, 4.69) is 27.3 Å². The van der Waals surface area contributed by atoms with E-state index in [0.29, 0.717) is 19.0 Å². The number of nitrogens with one attached hydrogen (secondary N) is 3. The highest BCUT2D eigenvalue weighted by Crippen LogP contribution is 2.30. The van der Waals surface area contributed by atoms with Crippen LogP contribution >= 0.6 is 0 Å². The molecule has 1 heterocycles. The van der Waals surface area contributed by atoms with Crippen LogP contribution in [0, 0.1) is 11.8 Å². The molecule has 1 saturated carbocycles. The Balaban J connectivity index is 1.58. The number of rotatable bonds is 9. The smallest absolute Gasteiger partial charge is 0.213 e. The Morgan fingerprint density at radius 3 is 2.63 bits per heavy atom. The molecular weight excluding hydrogens is 364 g/mol. The molecule has 0 radical (unpaired) electrons. The van der Waals surface area contributed by atoms with Crippen LogP contribution in [0.5, 0.6) is 0 Å². The largest absolute Gasteiger partial charge is 0.377 e. The summed E-state index contributed by atoms with van der Waals surface area (Å²) in [7, 11) is -1.59. The Kier molecular flexibility index (Phi) is 9.86. The lowest BCUT2D eigenvalue weighted by atomic mass is 9.81. The van der Waals surface area contributed by atoms with Gasteiger partial charge in [-0.15, -0.1) is 0 Å². The van der Waals surface area contributed by atoms with Crippen molar-refractivity contribution in [3.05, 3.63) is 0 Å². The number of guanidine groups is 1. The van der Waals surface area contributed by atoms with E-state index in [4.69, 9.17) is 4.74 Å². The molecule has 27 heavy (non-hydrogen) atoms. The zero-order valence-corrected chi connectivity index (χ0v) is 17.8. The van der Waals surface area contributed by atoms with E-state index >= 15 is 0 Å². The first-order chi connectivity index (χ1) is 13.0. The first-order valence-electron chi connectivity index (χ1n) is 10.5. The van der Waals surface area contributed by atoms with Crippen molar-refractivity contribution in [3.63, 3.8) is 0 Å². The van der Waals surface area contributed by atoms with Crippen LogP contribution in [-0.4, -0.2) is 59.5 Å². The molecule has 1 saturated heterocycles. The maximum Gasteiger partial charge on any atom is 0.213 e. The van der Waals surface area contributed by atoms with Crippen LogP contribution in [0.4, 0.5) is 0 Å². The SMILES string of the molecule is CN=C(NCCC1CCCC(C)C1)NCCS(=O)(=O)NCC1CCCCO1. The molecule has 2 rings (SSSR count). The third-order valence-electron chi connectivity index (χ3n) is 5.58. The van der Waals surface area contributed by atoms with Gasteiger partial charge in [0.1, 0.15) is 0 Å². The summed E-state index contributed by atoms with van der Waals surface area (Å²) in [6, 6.07) is 0. The molecule has 158 valence electrons. The minimum atomic E-state index is -3.30. The van der Waals surface area contributed by atoms with E-state index < -0.39 is 10.0 Å². The number of aliphatic imine (C=N–C) groups is 1. The van der Waals surface area contributed by atoms with Gasteiger partial charge in [-0.1, -0.05) is 26.2 Å². The summed E-state index contributed by atoms with van der Waals surface area (Å²) in [5, 5.41) is 6.40. The molecule has 3 N–H and O–H groups in total. The highest BCUT2D eigenvalue weighted by Gasteiger charge is 2.19. The molecule has 2 fully saturated rings. The first kappa shape index (κ1) is 22.4. The monoisotopic (exact) mass is 402 g/mol. The van der Waals surface area contributed by atoms with Crippen molar-refractivity contribution >= 4 is 16.0 Å². The first-order valence-corrected chi connectivity index (χ1v) is 12.2. The Labute approximate surface area is 165 Å². The maximum absolute atomic E-state index is 12.1. The number of hydrogen-bond acceptors (Lipinski definition) is 4. The second-order valence-electron chi connectivity index (χ2n) is 8.01. The Hall–Kier alpha value is -0.860. The van der Waals surface area contributed by atoms with Crippen LogP contribution in [-0.2, 0) is 14.8 Å². The summed E-state index contributed by atoms with van der Waals surface area (Å²) < 4.78 is 32.5. The molecule has 3 atom stereocenters. The van der Waals surface area contributed by atoms with E-state index in [1.165, 1.54) is 25.7 Å². The van der Waals surface area contributed by atoms with Gasteiger partial charge in [-0.3, -0.25) is 4.99 Å².